The molecule has 0 aromatic heterocycles. The van der Waals surface area contributed by atoms with Gasteiger partial charge in [0, 0.05) is 11.6 Å². The molecular weight excluding hydrogens is 173 g/mol. The summed E-state index contributed by atoms with van der Waals surface area (Å²) in [6.07, 6.45) is 1.31. The maximum Gasteiger partial charge on any atom is 0.128 e. The van der Waals surface area contributed by atoms with Gasteiger partial charge < -0.3 is 4.74 Å². The Kier molecular flexibility index (Phi) is 1.98. The lowest BCUT2D eigenvalue weighted by molar-refractivity contribution is 0.282. The second-order valence-corrected chi connectivity index (χ2v) is 3.01. The molecule has 0 N–H and O–H groups in total. The van der Waals surface area contributed by atoms with Crippen molar-refractivity contribution in [2.24, 2.45) is 0 Å². The van der Waals surface area contributed by atoms with Crippen molar-refractivity contribution < 1.29 is 13.5 Å². The van der Waals surface area contributed by atoms with Crippen molar-refractivity contribution in [3.05, 3.63) is 23.3 Å². The molecule has 1 aliphatic heterocycles. The summed E-state index contributed by atoms with van der Waals surface area (Å²) < 4.78 is 31.3. The zero-order valence-electron chi connectivity index (χ0n) is 6.94. The van der Waals surface area contributed by atoms with E-state index in [0.29, 0.717) is 18.6 Å². The summed E-state index contributed by atoms with van der Waals surface area (Å²) in [7, 11) is 5.20. The fourth-order valence-corrected chi connectivity index (χ4v) is 1.45. The average Bonchev–Trinajstić information content (AvgIpc) is 2.15. The topological polar surface area (TPSA) is 9.23 Å². The van der Waals surface area contributed by atoms with Crippen LogP contribution in [0.1, 0.15) is 12.0 Å². The summed E-state index contributed by atoms with van der Waals surface area (Å²) in [5.74, 6) is -1.14. The Morgan fingerprint density at radius 1 is 1.38 bits per heavy atom. The van der Waals surface area contributed by atoms with E-state index in [1.807, 2.05) is 0 Å². The maximum absolute atomic E-state index is 13.3. The highest BCUT2D eigenvalue weighted by Crippen LogP contribution is 2.26. The molecule has 2 radical (unpaired) electrons. The molecule has 66 valence electrons. The van der Waals surface area contributed by atoms with E-state index in [4.69, 9.17) is 12.6 Å². The van der Waals surface area contributed by atoms with Crippen LogP contribution in [0.4, 0.5) is 8.78 Å². The van der Waals surface area contributed by atoms with E-state index >= 15 is 0 Å². The fraction of sp³-hybridized carbons (Fsp3) is 0.333. The Bertz CT molecular complexity index is 352. The van der Waals surface area contributed by atoms with Crippen molar-refractivity contribution in [2.45, 2.75) is 12.8 Å². The van der Waals surface area contributed by atoms with Gasteiger partial charge >= 0.3 is 0 Å². The molecule has 13 heavy (non-hydrogen) atoms. The standard InChI is InChI=1S/C9H7BF2O/c10-8-6(11)4-7-5(9(8)12)2-1-3-13-7/h4H,1-3H2. The molecule has 0 bridgehead atoms. The first-order valence-electron chi connectivity index (χ1n) is 4.09. The first kappa shape index (κ1) is 8.54. The Hall–Kier alpha value is -1.06. The normalized spacial score (nSPS) is 14.9. The zero-order chi connectivity index (χ0) is 9.42. The summed E-state index contributed by atoms with van der Waals surface area (Å²) in [4.78, 5) is 0. The van der Waals surface area contributed by atoms with Gasteiger partial charge in [0.25, 0.3) is 0 Å². The van der Waals surface area contributed by atoms with E-state index in [1.165, 1.54) is 0 Å². The number of halogens is 2. The molecule has 0 saturated carbocycles. The molecule has 0 aliphatic carbocycles. The van der Waals surface area contributed by atoms with Crippen molar-refractivity contribution >= 4 is 13.3 Å². The Balaban J connectivity index is 2.60. The molecule has 1 nitrogen and oxygen atoms in total. The first-order valence-corrected chi connectivity index (χ1v) is 4.09. The third-order valence-electron chi connectivity index (χ3n) is 2.14. The predicted molar refractivity (Wildman–Crippen MR) is 45.6 cm³/mol. The van der Waals surface area contributed by atoms with Crippen molar-refractivity contribution in [2.75, 3.05) is 6.61 Å². The molecule has 0 unspecified atom stereocenters. The van der Waals surface area contributed by atoms with E-state index < -0.39 is 17.1 Å². The van der Waals surface area contributed by atoms with Crippen molar-refractivity contribution in [1.82, 2.24) is 0 Å². The van der Waals surface area contributed by atoms with Crippen LogP contribution in [0.25, 0.3) is 0 Å². The van der Waals surface area contributed by atoms with E-state index in [9.17, 15) is 8.78 Å². The van der Waals surface area contributed by atoms with E-state index in [0.717, 1.165) is 12.5 Å². The largest absolute Gasteiger partial charge is 0.493 e. The van der Waals surface area contributed by atoms with Crippen LogP contribution < -0.4 is 10.2 Å². The summed E-state index contributed by atoms with van der Waals surface area (Å²) in [6, 6.07) is 1.15. The molecule has 0 spiro atoms. The first-order chi connectivity index (χ1) is 6.20. The monoisotopic (exact) mass is 180 g/mol. The minimum absolute atomic E-state index is 0.287. The van der Waals surface area contributed by atoms with Gasteiger partial charge in [-0.2, -0.15) is 0 Å². The highest BCUT2D eigenvalue weighted by Gasteiger charge is 2.18. The van der Waals surface area contributed by atoms with Gasteiger partial charge in [0.2, 0.25) is 0 Å². The second-order valence-electron chi connectivity index (χ2n) is 3.01. The van der Waals surface area contributed by atoms with Crippen LogP contribution in [0.3, 0.4) is 0 Å². The third-order valence-corrected chi connectivity index (χ3v) is 2.14. The van der Waals surface area contributed by atoms with Crippen molar-refractivity contribution in [3.63, 3.8) is 0 Å². The molecule has 0 fully saturated rings. The Morgan fingerprint density at radius 3 is 2.92 bits per heavy atom. The summed E-state index contributed by atoms with van der Waals surface area (Å²) >= 11 is 0. The summed E-state index contributed by atoms with van der Waals surface area (Å²) in [5, 5.41) is 0. The number of benzene rings is 1. The smallest absolute Gasteiger partial charge is 0.128 e. The van der Waals surface area contributed by atoms with Crippen LogP contribution in [0.5, 0.6) is 5.75 Å². The van der Waals surface area contributed by atoms with Gasteiger partial charge in [-0.05, 0) is 18.3 Å². The fourth-order valence-electron chi connectivity index (χ4n) is 1.45. The number of fused-ring (bicyclic) bond motifs is 1. The number of hydrogen-bond donors (Lipinski definition) is 0. The lowest BCUT2D eigenvalue weighted by atomic mass is 9.90. The number of ether oxygens (including phenoxy) is 1. The van der Waals surface area contributed by atoms with Gasteiger partial charge in [-0.3, -0.25) is 0 Å². The quantitative estimate of drug-likeness (QED) is 0.543. The molecule has 4 heteroatoms. The predicted octanol–water partition coefficient (Wildman–Crippen LogP) is 1.08. The molecule has 0 saturated heterocycles. The van der Waals surface area contributed by atoms with Gasteiger partial charge in [0.15, 0.2) is 0 Å². The van der Waals surface area contributed by atoms with E-state index in [1.54, 1.807) is 0 Å². The SMILES string of the molecule is [B]c1c(F)cc2c(c1F)CCCO2. The molecule has 2 rings (SSSR count). The number of hydrogen-bond acceptors (Lipinski definition) is 1. The minimum atomic E-state index is -0.752. The van der Waals surface area contributed by atoms with E-state index in [2.05, 4.69) is 0 Å². The molecular formula is C9H7BF2O. The lowest BCUT2D eigenvalue weighted by Crippen LogP contribution is -2.20. The van der Waals surface area contributed by atoms with Crippen LogP contribution >= 0.6 is 0 Å². The van der Waals surface area contributed by atoms with E-state index in [-0.39, 0.29) is 5.75 Å². The molecule has 1 aromatic carbocycles. The van der Waals surface area contributed by atoms with Gasteiger partial charge in [-0.25, -0.2) is 8.78 Å². The van der Waals surface area contributed by atoms with Crippen LogP contribution in [0.2, 0.25) is 0 Å². The van der Waals surface area contributed by atoms with Crippen molar-refractivity contribution in [3.8, 4) is 5.75 Å². The van der Waals surface area contributed by atoms with Crippen molar-refractivity contribution in [1.29, 1.82) is 0 Å². The highest BCUT2D eigenvalue weighted by atomic mass is 19.1. The van der Waals surface area contributed by atoms with Crippen LogP contribution in [0.15, 0.2) is 6.07 Å². The van der Waals surface area contributed by atoms with Gasteiger partial charge in [0.05, 0.1) is 6.61 Å². The summed E-state index contributed by atoms with van der Waals surface area (Å²) in [5.41, 5.74) is -0.0191. The zero-order valence-corrected chi connectivity index (χ0v) is 6.94. The van der Waals surface area contributed by atoms with Crippen LogP contribution in [-0.4, -0.2) is 14.5 Å². The highest BCUT2D eigenvalue weighted by molar-refractivity contribution is 6.32. The van der Waals surface area contributed by atoms with Crippen LogP contribution in [-0.2, 0) is 6.42 Å². The molecule has 1 aromatic rings. The van der Waals surface area contributed by atoms with Gasteiger partial charge in [-0.1, -0.05) is 0 Å². The maximum atomic E-state index is 13.3. The van der Waals surface area contributed by atoms with Gasteiger partial charge in [-0.15, -0.1) is 0 Å². The Labute approximate surface area is 76.1 Å². The minimum Gasteiger partial charge on any atom is -0.493 e. The van der Waals surface area contributed by atoms with Gasteiger partial charge in [0.1, 0.15) is 25.2 Å². The lowest BCUT2D eigenvalue weighted by Gasteiger charge is -2.18. The second kappa shape index (κ2) is 3.02. The molecule has 1 aliphatic rings. The van der Waals surface area contributed by atoms with Crippen LogP contribution in [0, 0.1) is 11.6 Å². The summed E-state index contributed by atoms with van der Waals surface area (Å²) in [6.45, 7) is 0.510. The number of rotatable bonds is 0. The molecule has 0 atom stereocenters. The average molecular weight is 180 g/mol. The molecule has 0 amide bonds. The third kappa shape index (κ3) is 1.30. The Morgan fingerprint density at radius 2 is 2.15 bits per heavy atom. The molecule has 1 heterocycles.